The summed E-state index contributed by atoms with van der Waals surface area (Å²) < 4.78 is 26.4. The Kier molecular flexibility index (Phi) is 4.50. The van der Waals surface area contributed by atoms with Crippen molar-refractivity contribution in [3.05, 3.63) is 59.8 Å². The summed E-state index contributed by atoms with van der Waals surface area (Å²) in [6.07, 6.45) is 3.09. The van der Waals surface area contributed by atoms with Gasteiger partial charge in [-0.2, -0.15) is 0 Å². The Balaban J connectivity index is 1.55. The van der Waals surface area contributed by atoms with Gasteiger partial charge in [0.2, 0.25) is 0 Å². The molecule has 2 amide bonds. The summed E-state index contributed by atoms with van der Waals surface area (Å²) in [7, 11) is 0. The summed E-state index contributed by atoms with van der Waals surface area (Å²) in [4.78, 5) is 17.6. The van der Waals surface area contributed by atoms with Gasteiger partial charge in [-0.25, -0.2) is 18.6 Å². The van der Waals surface area contributed by atoms with E-state index < -0.39 is 5.82 Å². The van der Waals surface area contributed by atoms with Gasteiger partial charge in [0.25, 0.3) is 0 Å². The molecule has 0 spiro atoms. The van der Waals surface area contributed by atoms with Gasteiger partial charge in [-0.15, -0.1) is 0 Å². The summed E-state index contributed by atoms with van der Waals surface area (Å²) in [5.74, 6) is -0.541. The highest BCUT2D eigenvalue weighted by molar-refractivity contribution is 5.88. The molecule has 1 aromatic carbocycles. The number of carbonyl (C=O) groups excluding carboxylic acids is 1. The van der Waals surface area contributed by atoms with Gasteiger partial charge in [0.1, 0.15) is 5.82 Å². The molecular formula is C17H17F2N3O. The molecule has 6 heteroatoms. The largest absolute Gasteiger partial charge is 0.324 e. The van der Waals surface area contributed by atoms with Crippen LogP contribution < -0.4 is 5.32 Å². The molecule has 0 bridgehead atoms. The van der Waals surface area contributed by atoms with E-state index in [1.807, 2.05) is 0 Å². The molecule has 1 aromatic heterocycles. The molecule has 1 atom stereocenters. The molecule has 0 aliphatic carbocycles. The fourth-order valence-electron chi connectivity index (χ4n) is 2.80. The zero-order valence-electron chi connectivity index (χ0n) is 12.5. The molecule has 120 valence electrons. The SMILES string of the molecule is O=C(Nc1ncccc1F)N1CC[C@H](Cc2ccc(F)cc2)C1. The number of amides is 2. The van der Waals surface area contributed by atoms with E-state index in [9.17, 15) is 13.6 Å². The van der Waals surface area contributed by atoms with Gasteiger partial charge in [0, 0.05) is 19.3 Å². The molecular weight excluding hydrogens is 300 g/mol. The van der Waals surface area contributed by atoms with Crippen molar-refractivity contribution < 1.29 is 13.6 Å². The predicted molar refractivity (Wildman–Crippen MR) is 83.0 cm³/mol. The van der Waals surface area contributed by atoms with Crippen LogP contribution in [0, 0.1) is 17.6 Å². The zero-order valence-corrected chi connectivity index (χ0v) is 12.5. The highest BCUT2D eigenvalue weighted by Gasteiger charge is 2.27. The maximum atomic E-state index is 13.5. The summed E-state index contributed by atoms with van der Waals surface area (Å²) >= 11 is 0. The number of likely N-dealkylation sites (tertiary alicyclic amines) is 1. The Morgan fingerprint density at radius 2 is 2.04 bits per heavy atom. The first-order valence-electron chi connectivity index (χ1n) is 7.52. The highest BCUT2D eigenvalue weighted by atomic mass is 19.1. The second kappa shape index (κ2) is 6.73. The first kappa shape index (κ1) is 15.4. The summed E-state index contributed by atoms with van der Waals surface area (Å²) in [5.41, 5.74) is 1.05. The van der Waals surface area contributed by atoms with Crippen molar-refractivity contribution in [2.24, 2.45) is 5.92 Å². The molecule has 1 fully saturated rings. The maximum Gasteiger partial charge on any atom is 0.323 e. The van der Waals surface area contributed by atoms with Crippen LogP contribution in [-0.2, 0) is 6.42 Å². The number of pyridine rings is 1. The second-order valence-electron chi connectivity index (χ2n) is 5.70. The number of hydrogen-bond acceptors (Lipinski definition) is 2. The van der Waals surface area contributed by atoms with Crippen LogP contribution in [0.2, 0.25) is 0 Å². The van der Waals surface area contributed by atoms with Crippen LogP contribution in [0.5, 0.6) is 0 Å². The van der Waals surface area contributed by atoms with Gasteiger partial charge in [0.05, 0.1) is 0 Å². The molecule has 4 nitrogen and oxygen atoms in total. The number of nitrogens with one attached hydrogen (secondary N) is 1. The quantitative estimate of drug-likeness (QED) is 0.942. The van der Waals surface area contributed by atoms with E-state index in [2.05, 4.69) is 10.3 Å². The fraction of sp³-hybridized carbons (Fsp3) is 0.294. The van der Waals surface area contributed by atoms with Gasteiger partial charge in [-0.05, 0) is 48.6 Å². The predicted octanol–water partition coefficient (Wildman–Crippen LogP) is 3.46. The van der Waals surface area contributed by atoms with Crippen molar-refractivity contribution in [1.29, 1.82) is 0 Å². The minimum absolute atomic E-state index is 0.0560. The van der Waals surface area contributed by atoms with Gasteiger partial charge >= 0.3 is 6.03 Å². The molecule has 23 heavy (non-hydrogen) atoms. The van der Waals surface area contributed by atoms with E-state index in [0.717, 1.165) is 18.4 Å². The number of anilines is 1. The van der Waals surface area contributed by atoms with Crippen molar-refractivity contribution >= 4 is 11.8 Å². The highest BCUT2D eigenvalue weighted by Crippen LogP contribution is 2.22. The third-order valence-corrected chi connectivity index (χ3v) is 3.99. The number of urea groups is 1. The van der Waals surface area contributed by atoms with Crippen molar-refractivity contribution in [3.63, 3.8) is 0 Å². The van der Waals surface area contributed by atoms with Gasteiger partial charge in [0.15, 0.2) is 11.6 Å². The Hall–Kier alpha value is -2.50. The van der Waals surface area contributed by atoms with Crippen molar-refractivity contribution in [3.8, 4) is 0 Å². The van der Waals surface area contributed by atoms with E-state index >= 15 is 0 Å². The molecule has 1 aliphatic heterocycles. The van der Waals surface area contributed by atoms with Crippen molar-refractivity contribution in [1.82, 2.24) is 9.88 Å². The van der Waals surface area contributed by atoms with Crippen LogP contribution in [0.4, 0.5) is 19.4 Å². The number of carbonyl (C=O) groups is 1. The maximum absolute atomic E-state index is 13.5. The third kappa shape index (κ3) is 3.83. The number of benzene rings is 1. The number of halogens is 2. The monoisotopic (exact) mass is 317 g/mol. The van der Waals surface area contributed by atoms with Crippen LogP contribution >= 0.6 is 0 Å². The Labute approximate surface area is 133 Å². The average molecular weight is 317 g/mol. The Bertz CT molecular complexity index is 690. The van der Waals surface area contributed by atoms with E-state index in [4.69, 9.17) is 0 Å². The molecule has 1 aliphatic rings. The van der Waals surface area contributed by atoms with Crippen LogP contribution in [0.15, 0.2) is 42.6 Å². The van der Waals surface area contributed by atoms with Crippen molar-refractivity contribution in [2.45, 2.75) is 12.8 Å². The number of aromatic nitrogens is 1. The summed E-state index contributed by atoms with van der Waals surface area (Å²) in [5, 5.41) is 2.50. The number of hydrogen-bond donors (Lipinski definition) is 1. The third-order valence-electron chi connectivity index (χ3n) is 3.99. The molecule has 0 unspecified atom stereocenters. The minimum atomic E-state index is -0.553. The Morgan fingerprint density at radius 1 is 1.26 bits per heavy atom. The van der Waals surface area contributed by atoms with E-state index in [1.54, 1.807) is 17.0 Å². The number of rotatable bonds is 3. The molecule has 1 saturated heterocycles. The lowest BCUT2D eigenvalue weighted by Gasteiger charge is -2.17. The van der Waals surface area contributed by atoms with E-state index in [-0.39, 0.29) is 17.7 Å². The van der Waals surface area contributed by atoms with Crippen LogP contribution in [0.3, 0.4) is 0 Å². The average Bonchev–Trinajstić information content (AvgIpc) is 3.00. The molecule has 2 heterocycles. The summed E-state index contributed by atoms with van der Waals surface area (Å²) in [6, 6.07) is 8.80. The molecule has 2 aromatic rings. The van der Waals surface area contributed by atoms with Gasteiger partial charge in [-0.3, -0.25) is 5.32 Å². The van der Waals surface area contributed by atoms with E-state index in [1.165, 1.54) is 30.5 Å². The van der Waals surface area contributed by atoms with Crippen LogP contribution in [0.1, 0.15) is 12.0 Å². The lowest BCUT2D eigenvalue weighted by atomic mass is 9.99. The normalized spacial score (nSPS) is 17.3. The van der Waals surface area contributed by atoms with Crippen LogP contribution in [0.25, 0.3) is 0 Å². The number of nitrogens with zero attached hydrogens (tertiary/aromatic N) is 2. The molecule has 0 radical (unpaired) electrons. The first-order valence-corrected chi connectivity index (χ1v) is 7.52. The minimum Gasteiger partial charge on any atom is -0.324 e. The molecule has 0 saturated carbocycles. The molecule has 1 N–H and O–H groups in total. The van der Waals surface area contributed by atoms with Gasteiger partial charge in [-0.1, -0.05) is 12.1 Å². The Morgan fingerprint density at radius 3 is 2.78 bits per heavy atom. The summed E-state index contributed by atoms with van der Waals surface area (Å²) in [6.45, 7) is 1.21. The van der Waals surface area contributed by atoms with Crippen molar-refractivity contribution in [2.75, 3.05) is 18.4 Å². The topological polar surface area (TPSA) is 45.2 Å². The first-order chi connectivity index (χ1) is 11.1. The smallest absolute Gasteiger partial charge is 0.323 e. The fourth-order valence-corrected chi connectivity index (χ4v) is 2.80. The van der Waals surface area contributed by atoms with Gasteiger partial charge < -0.3 is 4.90 Å². The lowest BCUT2D eigenvalue weighted by Crippen LogP contribution is -2.33. The van der Waals surface area contributed by atoms with Crippen LogP contribution in [-0.4, -0.2) is 29.0 Å². The zero-order chi connectivity index (χ0) is 16.2. The molecule has 3 rings (SSSR count). The standard InChI is InChI=1S/C17H17F2N3O/c18-14-5-3-12(4-6-14)10-13-7-9-22(11-13)17(23)21-16-15(19)2-1-8-20-16/h1-6,8,13H,7,9-11H2,(H,20,21,23)/t13-/m1/s1. The lowest BCUT2D eigenvalue weighted by molar-refractivity contribution is 0.220. The second-order valence-corrected chi connectivity index (χ2v) is 5.70. The van der Waals surface area contributed by atoms with E-state index in [0.29, 0.717) is 19.0 Å².